The first-order valence-corrected chi connectivity index (χ1v) is 7.32. The number of imide groups is 1. The Morgan fingerprint density at radius 2 is 2.00 bits per heavy atom. The van der Waals surface area contributed by atoms with E-state index in [9.17, 15) is 14.4 Å². The van der Waals surface area contributed by atoms with Crippen LogP contribution in [0.5, 0.6) is 0 Å². The van der Waals surface area contributed by atoms with E-state index >= 15 is 0 Å². The molecule has 6 nitrogen and oxygen atoms in total. The van der Waals surface area contributed by atoms with Crippen molar-refractivity contribution in [2.24, 2.45) is 5.92 Å². The number of carboxylic acid groups (broad SMARTS) is 1. The molecule has 0 aromatic heterocycles. The van der Waals surface area contributed by atoms with Crippen molar-refractivity contribution in [2.75, 3.05) is 13.1 Å². The first-order chi connectivity index (χ1) is 9.49. The maximum Gasteiger partial charge on any atom is 0.307 e. The van der Waals surface area contributed by atoms with Crippen LogP contribution in [0.4, 0.5) is 0 Å². The van der Waals surface area contributed by atoms with Crippen LogP contribution in [0.2, 0.25) is 0 Å². The molecular formula is C14H22N2O4. The van der Waals surface area contributed by atoms with Crippen LogP contribution in [0.15, 0.2) is 0 Å². The van der Waals surface area contributed by atoms with Crippen LogP contribution in [0.3, 0.4) is 0 Å². The van der Waals surface area contributed by atoms with Gasteiger partial charge in [-0.1, -0.05) is 13.8 Å². The van der Waals surface area contributed by atoms with E-state index in [2.05, 4.69) is 0 Å². The summed E-state index contributed by atoms with van der Waals surface area (Å²) in [5.41, 5.74) is 0. The van der Waals surface area contributed by atoms with Crippen molar-refractivity contribution in [1.82, 2.24) is 9.80 Å². The fraction of sp³-hybridized carbons (Fsp3) is 0.786. The number of carbonyl (C=O) groups excluding carboxylic acids is 2. The van der Waals surface area contributed by atoms with Crippen molar-refractivity contribution in [3.05, 3.63) is 0 Å². The Kier molecular flexibility index (Phi) is 4.42. The monoisotopic (exact) mass is 282 g/mol. The lowest BCUT2D eigenvalue weighted by atomic mass is 10.1. The van der Waals surface area contributed by atoms with Gasteiger partial charge in [0.15, 0.2) is 0 Å². The lowest BCUT2D eigenvalue weighted by molar-refractivity contribution is -0.144. The summed E-state index contributed by atoms with van der Waals surface area (Å²) in [5.74, 6) is -1.50. The average Bonchev–Trinajstić information content (AvgIpc) is 2.99. The highest BCUT2D eigenvalue weighted by atomic mass is 16.4. The summed E-state index contributed by atoms with van der Waals surface area (Å²) >= 11 is 0. The van der Waals surface area contributed by atoms with Crippen LogP contribution in [-0.2, 0) is 14.4 Å². The number of carbonyl (C=O) groups is 3. The first-order valence-electron chi connectivity index (χ1n) is 7.32. The Morgan fingerprint density at radius 1 is 1.35 bits per heavy atom. The third kappa shape index (κ3) is 2.57. The molecule has 0 radical (unpaired) electrons. The third-order valence-corrected chi connectivity index (χ3v) is 4.48. The van der Waals surface area contributed by atoms with E-state index in [1.165, 1.54) is 4.90 Å². The van der Waals surface area contributed by atoms with E-state index in [1.807, 2.05) is 18.7 Å². The molecule has 0 aromatic carbocycles. The predicted octanol–water partition coefficient (Wildman–Crippen LogP) is 0.709. The maximum atomic E-state index is 12.5. The van der Waals surface area contributed by atoms with Crippen molar-refractivity contribution in [3.63, 3.8) is 0 Å². The van der Waals surface area contributed by atoms with Crippen LogP contribution in [0, 0.1) is 5.92 Å². The zero-order chi connectivity index (χ0) is 14.9. The van der Waals surface area contributed by atoms with Gasteiger partial charge >= 0.3 is 5.97 Å². The van der Waals surface area contributed by atoms with Gasteiger partial charge in [-0.2, -0.15) is 0 Å². The second-order valence-electron chi connectivity index (χ2n) is 5.61. The van der Waals surface area contributed by atoms with Gasteiger partial charge in [0.25, 0.3) is 0 Å². The Morgan fingerprint density at radius 3 is 2.50 bits per heavy atom. The zero-order valence-electron chi connectivity index (χ0n) is 12.0. The quantitative estimate of drug-likeness (QED) is 0.751. The van der Waals surface area contributed by atoms with Gasteiger partial charge in [0.2, 0.25) is 11.8 Å². The fourth-order valence-corrected chi connectivity index (χ4v) is 3.23. The highest BCUT2D eigenvalue weighted by molar-refractivity contribution is 6.05. The molecule has 2 heterocycles. The Balaban J connectivity index is 2.07. The van der Waals surface area contributed by atoms with Gasteiger partial charge in [0.1, 0.15) is 0 Å². The molecule has 6 heteroatoms. The minimum absolute atomic E-state index is 0.0297. The lowest BCUT2D eigenvalue weighted by Crippen LogP contribution is -2.44. The standard InChI is InChI=1S/C14H22N2O4/c1-3-10(4-2)16-12(17)7-11(13(16)18)15-6-5-9(8-15)14(19)20/h9-11H,3-8H2,1-2H3,(H,19,20). The second-order valence-corrected chi connectivity index (χ2v) is 5.61. The van der Waals surface area contributed by atoms with Gasteiger partial charge in [-0.05, 0) is 25.8 Å². The fourth-order valence-electron chi connectivity index (χ4n) is 3.23. The van der Waals surface area contributed by atoms with E-state index in [0.717, 1.165) is 12.8 Å². The average molecular weight is 282 g/mol. The van der Waals surface area contributed by atoms with E-state index in [-0.39, 0.29) is 24.3 Å². The van der Waals surface area contributed by atoms with E-state index in [4.69, 9.17) is 5.11 Å². The number of likely N-dealkylation sites (tertiary alicyclic amines) is 2. The number of aliphatic carboxylic acids is 1. The number of rotatable bonds is 5. The molecule has 2 fully saturated rings. The number of nitrogens with zero attached hydrogens (tertiary/aromatic N) is 2. The number of amides is 2. The number of hydrogen-bond donors (Lipinski definition) is 1. The van der Waals surface area contributed by atoms with Gasteiger partial charge in [-0.25, -0.2) is 0 Å². The van der Waals surface area contributed by atoms with Crippen LogP contribution in [-0.4, -0.2) is 57.9 Å². The van der Waals surface area contributed by atoms with Crippen LogP contribution in [0.1, 0.15) is 39.5 Å². The first kappa shape index (κ1) is 15.0. The molecule has 2 unspecified atom stereocenters. The van der Waals surface area contributed by atoms with Crippen LogP contribution in [0.25, 0.3) is 0 Å². The topological polar surface area (TPSA) is 77.9 Å². The molecule has 2 aliphatic rings. The van der Waals surface area contributed by atoms with Crippen molar-refractivity contribution >= 4 is 17.8 Å². The summed E-state index contributed by atoms with van der Waals surface area (Å²) in [6.07, 6.45) is 2.27. The molecule has 0 spiro atoms. The smallest absolute Gasteiger partial charge is 0.307 e. The molecular weight excluding hydrogens is 260 g/mol. The second kappa shape index (κ2) is 5.91. The number of carboxylic acids is 1. The molecule has 0 aromatic rings. The van der Waals surface area contributed by atoms with Crippen molar-refractivity contribution in [2.45, 2.75) is 51.6 Å². The Bertz CT molecular complexity index is 419. The van der Waals surface area contributed by atoms with E-state index in [0.29, 0.717) is 19.5 Å². The van der Waals surface area contributed by atoms with Crippen LogP contribution >= 0.6 is 0 Å². The molecule has 20 heavy (non-hydrogen) atoms. The minimum Gasteiger partial charge on any atom is -0.481 e. The Hall–Kier alpha value is -1.43. The molecule has 2 saturated heterocycles. The summed E-state index contributed by atoms with van der Waals surface area (Å²) in [5, 5.41) is 9.02. The van der Waals surface area contributed by atoms with Crippen molar-refractivity contribution < 1.29 is 19.5 Å². The molecule has 2 atom stereocenters. The Labute approximate surface area is 118 Å². The molecule has 1 N–H and O–H groups in total. The summed E-state index contributed by atoms with van der Waals surface area (Å²) in [7, 11) is 0. The summed E-state index contributed by atoms with van der Waals surface area (Å²) in [6.45, 7) is 4.89. The molecule has 0 saturated carbocycles. The number of hydrogen-bond acceptors (Lipinski definition) is 4. The largest absolute Gasteiger partial charge is 0.481 e. The summed E-state index contributed by atoms with van der Waals surface area (Å²) in [4.78, 5) is 38.8. The van der Waals surface area contributed by atoms with Crippen LogP contribution < -0.4 is 0 Å². The molecule has 2 aliphatic heterocycles. The lowest BCUT2D eigenvalue weighted by Gasteiger charge is -2.26. The van der Waals surface area contributed by atoms with Crippen molar-refractivity contribution in [3.8, 4) is 0 Å². The van der Waals surface area contributed by atoms with E-state index in [1.54, 1.807) is 0 Å². The highest BCUT2D eigenvalue weighted by Gasteiger charge is 2.46. The van der Waals surface area contributed by atoms with Gasteiger partial charge < -0.3 is 5.11 Å². The van der Waals surface area contributed by atoms with Crippen molar-refractivity contribution in [1.29, 1.82) is 0 Å². The van der Waals surface area contributed by atoms with Gasteiger partial charge in [0.05, 0.1) is 18.4 Å². The third-order valence-electron chi connectivity index (χ3n) is 4.48. The van der Waals surface area contributed by atoms with Gasteiger partial charge in [-0.15, -0.1) is 0 Å². The summed E-state index contributed by atoms with van der Waals surface area (Å²) < 4.78 is 0. The highest BCUT2D eigenvalue weighted by Crippen LogP contribution is 2.28. The van der Waals surface area contributed by atoms with Gasteiger partial charge in [-0.3, -0.25) is 24.2 Å². The van der Waals surface area contributed by atoms with E-state index < -0.39 is 17.9 Å². The van der Waals surface area contributed by atoms with Gasteiger partial charge in [0, 0.05) is 12.6 Å². The molecule has 0 bridgehead atoms. The minimum atomic E-state index is -0.818. The molecule has 112 valence electrons. The SMILES string of the molecule is CCC(CC)N1C(=O)CC(N2CCC(C(=O)O)C2)C1=O. The predicted molar refractivity (Wildman–Crippen MR) is 71.9 cm³/mol. The maximum absolute atomic E-state index is 12.5. The normalized spacial score (nSPS) is 27.9. The molecule has 2 amide bonds. The zero-order valence-corrected chi connectivity index (χ0v) is 12.0. The summed E-state index contributed by atoms with van der Waals surface area (Å²) in [6, 6.07) is -0.481. The molecule has 0 aliphatic carbocycles. The molecule has 2 rings (SSSR count).